The van der Waals surface area contributed by atoms with Gasteiger partial charge in [-0.2, -0.15) is 0 Å². The van der Waals surface area contributed by atoms with Gasteiger partial charge in [-0.1, -0.05) is 36.4 Å². The van der Waals surface area contributed by atoms with E-state index in [1.165, 1.54) is 19.4 Å². The van der Waals surface area contributed by atoms with Gasteiger partial charge in [0, 0.05) is 3.42 Å². The molecule has 0 aliphatic carbocycles. The van der Waals surface area contributed by atoms with E-state index in [4.69, 9.17) is 0 Å². The van der Waals surface area contributed by atoms with E-state index < -0.39 is 0 Å². The summed E-state index contributed by atoms with van der Waals surface area (Å²) in [6.07, 6.45) is 2.62. The third-order valence-electron chi connectivity index (χ3n) is 1.38. The predicted octanol–water partition coefficient (Wildman–Crippen LogP) is 2.54. The number of hydrogen-bond acceptors (Lipinski definition) is 1. The molecule has 62 valence electrons. The van der Waals surface area contributed by atoms with Gasteiger partial charge in [0.05, 0.1) is 0 Å². The van der Waals surface area contributed by atoms with Gasteiger partial charge in [-0.25, -0.2) is 0 Å². The fourth-order valence-electron chi connectivity index (χ4n) is 0.816. The van der Waals surface area contributed by atoms with Crippen LogP contribution in [0.25, 0.3) is 0 Å². The minimum atomic E-state index is 0.480. The zero-order valence-corrected chi connectivity index (χ0v) is 9.60. The van der Waals surface area contributed by atoms with E-state index in [2.05, 4.69) is 55.4 Å². The van der Waals surface area contributed by atoms with Crippen LogP contribution in [0.3, 0.4) is 0 Å². The number of nitrogens with zero attached hydrogens (tertiary/aromatic N) is 1. The summed E-state index contributed by atoms with van der Waals surface area (Å²) in [5.41, 5.74) is 0. The third-order valence-corrected chi connectivity index (χ3v) is 1.92. The summed E-state index contributed by atoms with van der Waals surface area (Å²) in [6, 6.07) is 0. The van der Waals surface area contributed by atoms with Crippen LogP contribution in [0.1, 0.15) is 26.7 Å². The molecular weight excluding hydrogens is 237 g/mol. The van der Waals surface area contributed by atoms with E-state index >= 15 is 0 Å². The zero-order chi connectivity index (χ0) is 8.20. The maximum atomic E-state index is 2.50. The van der Waals surface area contributed by atoms with Crippen molar-refractivity contribution in [3.8, 4) is 0 Å². The maximum absolute atomic E-state index is 2.50. The van der Waals surface area contributed by atoms with Crippen LogP contribution >= 0.6 is 22.6 Å². The Balaban J connectivity index is 3.21. The van der Waals surface area contributed by atoms with Crippen LogP contribution in [0.15, 0.2) is 0 Å². The first-order valence-corrected chi connectivity index (χ1v) is 4.83. The molecule has 0 heterocycles. The highest BCUT2D eigenvalue weighted by Gasteiger charge is 2.10. The summed E-state index contributed by atoms with van der Waals surface area (Å²) < 4.78 is 0.480. The van der Waals surface area contributed by atoms with Gasteiger partial charge in [0.15, 0.2) is 0 Å². The van der Waals surface area contributed by atoms with Gasteiger partial charge < -0.3 is 4.90 Å². The van der Waals surface area contributed by atoms with Crippen LogP contribution in [-0.2, 0) is 0 Å². The summed E-state index contributed by atoms with van der Waals surface area (Å²) in [5.74, 6) is 0. The molecule has 0 aromatic rings. The SMILES string of the molecule is CN(C)CCCC(C)(C)I. The van der Waals surface area contributed by atoms with Crippen LogP contribution in [-0.4, -0.2) is 29.0 Å². The monoisotopic (exact) mass is 255 g/mol. The fourth-order valence-corrected chi connectivity index (χ4v) is 1.20. The molecule has 0 N–H and O–H groups in total. The van der Waals surface area contributed by atoms with Crippen molar-refractivity contribution < 1.29 is 0 Å². The zero-order valence-electron chi connectivity index (χ0n) is 7.45. The molecule has 10 heavy (non-hydrogen) atoms. The highest BCUT2D eigenvalue weighted by atomic mass is 127. The smallest absolute Gasteiger partial charge is 0.0166 e. The molecule has 2 heteroatoms. The van der Waals surface area contributed by atoms with Crippen LogP contribution in [0.5, 0.6) is 0 Å². The Morgan fingerprint density at radius 1 is 1.30 bits per heavy atom. The fraction of sp³-hybridized carbons (Fsp3) is 1.00. The second-order valence-corrected chi connectivity index (χ2v) is 6.55. The van der Waals surface area contributed by atoms with E-state index in [-0.39, 0.29) is 0 Å². The standard InChI is InChI=1S/C8H18IN/c1-8(2,9)6-5-7-10(3)4/h5-7H2,1-4H3. The first-order valence-electron chi connectivity index (χ1n) is 3.75. The Hall–Kier alpha value is 0.690. The average molecular weight is 255 g/mol. The molecule has 1 nitrogen and oxygen atoms in total. The summed E-state index contributed by atoms with van der Waals surface area (Å²) in [6.45, 7) is 5.78. The molecule has 0 saturated heterocycles. The first kappa shape index (κ1) is 10.7. The van der Waals surface area contributed by atoms with Crippen molar-refractivity contribution in [2.75, 3.05) is 20.6 Å². The minimum Gasteiger partial charge on any atom is -0.309 e. The lowest BCUT2D eigenvalue weighted by Gasteiger charge is -2.17. The van der Waals surface area contributed by atoms with Gasteiger partial charge in [-0.15, -0.1) is 0 Å². The molecule has 0 amide bonds. The topological polar surface area (TPSA) is 3.24 Å². The Bertz CT molecular complexity index is 83.7. The summed E-state index contributed by atoms with van der Waals surface area (Å²) in [5, 5.41) is 0. The van der Waals surface area contributed by atoms with E-state index in [0.29, 0.717) is 3.42 Å². The number of hydrogen-bond donors (Lipinski definition) is 0. The van der Waals surface area contributed by atoms with Gasteiger partial charge in [0.2, 0.25) is 0 Å². The molecule has 0 bridgehead atoms. The average Bonchev–Trinajstić information content (AvgIpc) is 1.59. The van der Waals surface area contributed by atoms with Crippen molar-refractivity contribution in [3.05, 3.63) is 0 Å². The number of alkyl halides is 1. The Morgan fingerprint density at radius 3 is 2.10 bits per heavy atom. The largest absolute Gasteiger partial charge is 0.309 e. The third kappa shape index (κ3) is 8.69. The van der Waals surface area contributed by atoms with Crippen molar-refractivity contribution in [3.63, 3.8) is 0 Å². The van der Waals surface area contributed by atoms with Gasteiger partial charge in [0.25, 0.3) is 0 Å². The Labute approximate surface area is 78.3 Å². The molecule has 0 unspecified atom stereocenters. The van der Waals surface area contributed by atoms with Crippen molar-refractivity contribution in [1.82, 2.24) is 4.90 Å². The lowest BCUT2D eigenvalue weighted by molar-refractivity contribution is 0.387. The van der Waals surface area contributed by atoms with Gasteiger partial charge in [-0.05, 0) is 33.5 Å². The summed E-state index contributed by atoms with van der Waals surface area (Å²) in [7, 11) is 4.25. The molecule has 0 fully saturated rings. The van der Waals surface area contributed by atoms with E-state index in [1.54, 1.807) is 0 Å². The second kappa shape index (κ2) is 4.54. The van der Waals surface area contributed by atoms with Crippen LogP contribution in [0.4, 0.5) is 0 Å². The molecule has 0 radical (unpaired) electrons. The van der Waals surface area contributed by atoms with Crippen LogP contribution < -0.4 is 0 Å². The molecule has 0 spiro atoms. The highest BCUT2D eigenvalue weighted by Crippen LogP contribution is 2.22. The molecular formula is C8H18IN. The minimum absolute atomic E-state index is 0.480. The maximum Gasteiger partial charge on any atom is 0.0166 e. The van der Waals surface area contributed by atoms with Crippen molar-refractivity contribution in [2.24, 2.45) is 0 Å². The molecule has 0 aliphatic heterocycles. The lowest BCUT2D eigenvalue weighted by Crippen LogP contribution is -2.17. The summed E-state index contributed by atoms with van der Waals surface area (Å²) in [4.78, 5) is 2.24. The quantitative estimate of drug-likeness (QED) is 0.551. The molecule has 0 aromatic carbocycles. The van der Waals surface area contributed by atoms with E-state index in [0.717, 1.165) is 0 Å². The van der Waals surface area contributed by atoms with Gasteiger partial charge >= 0.3 is 0 Å². The molecule has 0 rings (SSSR count). The van der Waals surface area contributed by atoms with Gasteiger partial charge in [-0.3, -0.25) is 0 Å². The number of halogens is 1. The Kier molecular flexibility index (Phi) is 4.86. The van der Waals surface area contributed by atoms with Crippen molar-refractivity contribution in [1.29, 1.82) is 0 Å². The second-order valence-electron chi connectivity index (χ2n) is 3.63. The Morgan fingerprint density at radius 2 is 1.80 bits per heavy atom. The summed E-state index contributed by atoms with van der Waals surface area (Å²) >= 11 is 2.50. The first-order chi connectivity index (χ1) is 4.42. The van der Waals surface area contributed by atoms with E-state index in [9.17, 15) is 0 Å². The highest BCUT2D eigenvalue weighted by molar-refractivity contribution is 14.1. The van der Waals surface area contributed by atoms with Crippen molar-refractivity contribution >= 4 is 22.6 Å². The molecule has 0 saturated carbocycles. The molecule has 0 aliphatic rings. The number of rotatable bonds is 4. The van der Waals surface area contributed by atoms with Crippen molar-refractivity contribution in [2.45, 2.75) is 30.1 Å². The molecule has 0 atom stereocenters. The van der Waals surface area contributed by atoms with Crippen LogP contribution in [0.2, 0.25) is 0 Å². The predicted molar refractivity (Wildman–Crippen MR) is 55.9 cm³/mol. The van der Waals surface area contributed by atoms with Crippen LogP contribution in [0, 0.1) is 0 Å². The molecule has 0 aromatic heterocycles. The normalized spacial score (nSPS) is 12.6. The lowest BCUT2D eigenvalue weighted by atomic mass is 10.1. The van der Waals surface area contributed by atoms with Gasteiger partial charge in [0.1, 0.15) is 0 Å². The van der Waals surface area contributed by atoms with E-state index in [1.807, 2.05) is 0 Å².